The third-order valence-electron chi connectivity index (χ3n) is 7.80. The van der Waals surface area contributed by atoms with E-state index in [1.807, 2.05) is 85.8 Å². The first kappa shape index (κ1) is 27.0. The molecule has 1 aromatic heterocycles. The fraction of sp³-hybridized carbons (Fsp3) is 0.0250. The minimum Gasteiger partial charge on any atom is -0.398 e. The fourth-order valence-corrected chi connectivity index (χ4v) is 5.53. The average molecular weight is 567 g/mol. The summed E-state index contributed by atoms with van der Waals surface area (Å²) in [4.78, 5) is 14.7. The second kappa shape index (κ2) is 11.8. The zero-order chi connectivity index (χ0) is 29.9. The van der Waals surface area contributed by atoms with Crippen molar-refractivity contribution in [1.29, 1.82) is 0 Å². The largest absolute Gasteiger partial charge is 0.398 e. The first-order valence-electron chi connectivity index (χ1n) is 14.7. The standard InChI is InChI=1S/C40H30N4/c1-2-10-36-35(15-9-16-37(36)41)29-21-17-27(18-22-29)32-23-19-28-20-24-33(26-34(28)25-32)40-43-38(30-11-5-3-6-12-30)42-39(44-40)31-13-7-4-8-14-31/h2-26H,41H2,1H3/b10-2-. The Morgan fingerprint density at radius 1 is 0.455 bits per heavy atom. The molecule has 7 rings (SSSR count). The summed E-state index contributed by atoms with van der Waals surface area (Å²) in [5, 5.41) is 2.28. The third-order valence-corrected chi connectivity index (χ3v) is 7.80. The van der Waals surface area contributed by atoms with E-state index >= 15 is 0 Å². The van der Waals surface area contributed by atoms with Crippen molar-refractivity contribution < 1.29 is 0 Å². The van der Waals surface area contributed by atoms with Crippen LogP contribution in [0.2, 0.25) is 0 Å². The van der Waals surface area contributed by atoms with Crippen molar-refractivity contribution in [2.24, 2.45) is 0 Å². The van der Waals surface area contributed by atoms with Gasteiger partial charge in [-0.15, -0.1) is 0 Å². The summed E-state index contributed by atoms with van der Waals surface area (Å²) in [7, 11) is 0. The van der Waals surface area contributed by atoms with Crippen LogP contribution in [-0.2, 0) is 0 Å². The number of anilines is 1. The van der Waals surface area contributed by atoms with Gasteiger partial charge in [0.05, 0.1) is 0 Å². The maximum Gasteiger partial charge on any atom is 0.164 e. The molecule has 0 radical (unpaired) electrons. The molecule has 4 heteroatoms. The van der Waals surface area contributed by atoms with Crippen LogP contribution >= 0.6 is 0 Å². The number of allylic oxidation sites excluding steroid dienone is 1. The molecule has 2 N–H and O–H groups in total. The molecule has 0 aliphatic carbocycles. The molecule has 0 aliphatic heterocycles. The van der Waals surface area contributed by atoms with E-state index in [2.05, 4.69) is 72.8 Å². The van der Waals surface area contributed by atoms with Gasteiger partial charge in [0, 0.05) is 27.9 Å². The number of fused-ring (bicyclic) bond motifs is 1. The van der Waals surface area contributed by atoms with Gasteiger partial charge >= 0.3 is 0 Å². The lowest BCUT2D eigenvalue weighted by Crippen LogP contribution is -2.00. The van der Waals surface area contributed by atoms with Gasteiger partial charge < -0.3 is 5.73 Å². The van der Waals surface area contributed by atoms with Crippen LogP contribution in [0.5, 0.6) is 0 Å². The lowest BCUT2D eigenvalue weighted by atomic mass is 9.95. The molecule has 44 heavy (non-hydrogen) atoms. The van der Waals surface area contributed by atoms with E-state index in [1.54, 1.807) is 0 Å². The number of hydrogen-bond donors (Lipinski definition) is 1. The van der Waals surface area contributed by atoms with Gasteiger partial charge in [-0.05, 0) is 58.1 Å². The maximum absolute atomic E-state index is 6.28. The van der Waals surface area contributed by atoms with E-state index in [9.17, 15) is 0 Å². The van der Waals surface area contributed by atoms with Gasteiger partial charge in [0.1, 0.15) is 0 Å². The Bertz CT molecular complexity index is 2060. The summed E-state index contributed by atoms with van der Waals surface area (Å²) >= 11 is 0. The molecule has 210 valence electrons. The highest BCUT2D eigenvalue weighted by Crippen LogP contribution is 2.33. The Morgan fingerprint density at radius 2 is 0.977 bits per heavy atom. The number of hydrogen-bond acceptors (Lipinski definition) is 4. The smallest absolute Gasteiger partial charge is 0.164 e. The van der Waals surface area contributed by atoms with E-state index in [1.165, 1.54) is 0 Å². The van der Waals surface area contributed by atoms with Gasteiger partial charge in [0.15, 0.2) is 17.5 Å². The van der Waals surface area contributed by atoms with Gasteiger partial charge in [-0.3, -0.25) is 0 Å². The van der Waals surface area contributed by atoms with Crippen LogP contribution < -0.4 is 5.73 Å². The minimum atomic E-state index is 0.647. The molecule has 0 atom stereocenters. The highest BCUT2D eigenvalue weighted by molar-refractivity contribution is 5.91. The molecule has 0 amide bonds. The second-order valence-electron chi connectivity index (χ2n) is 10.7. The highest BCUT2D eigenvalue weighted by atomic mass is 15.0. The number of aromatic nitrogens is 3. The van der Waals surface area contributed by atoms with Gasteiger partial charge in [0.25, 0.3) is 0 Å². The summed E-state index contributed by atoms with van der Waals surface area (Å²) < 4.78 is 0. The Morgan fingerprint density at radius 3 is 1.59 bits per heavy atom. The topological polar surface area (TPSA) is 64.7 Å². The first-order chi connectivity index (χ1) is 21.7. The number of nitrogens with two attached hydrogens (primary N) is 1. The van der Waals surface area contributed by atoms with Crippen LogP contribution in [-0.4, -0.2) is 15.0 Å². The lowest BCUT2D eigenvalue weighted by molar-refractivity contribution is 1.07. The SMILES string of the molecule is C/C=C\c1c(N)cccc1-c1ccc(-c2ccc3ccc(-c4nc(-c5ccccc5)nc(-c5ccccc5)n4)cc3c2)cc1. The summed E-state index contributed by atoms with van der Waals surface area (Å²) in [6.07, 6.45) is 4.09. The van der Waals surface area contributed by atoms with Crippen LogP contribution in [0.3, 0.4) is 0 Å². The predicted octanol–water partition coefficient (Wildman–Crippen LogP) is 9.98. The molecule has 0 bridgehead atoms. The van der Waals surface area contributed by atoms with E-state index in [-0.39, 0.29) is 0 Å². The number of nitrogen functional groups attached to an aromatic ring is 1. The Kier molecular flexibility index (Phi) is 7.23. The van der Waals surface area contributed by atoms with Gasteiger partial charge in [0.2, 0.25) is 0 Å². The molecule has 0 saturated carbocycles. The van der Waals surface area contributed by atoms with Crippen LogP contribution in [0.4, 0.5) is 5.69 Å². The second-order valence-corrected chi connectivity index (χ2v) is 10.7. The van der Waals surface area contributed by atoms with Gasteiger partial charge in [-0.2, -0.15) is 0 Å². The van der Waals surface area contributed by atoms with E-state index in [0.717, 1.165) is 61.0 Å². The van der Waals surface area contributed by atoms with Crippen molar-refractivity contribution in [3.8, 4) is 56.4 Å². The number of benzene rings is 6. The summed E-state index contributed by atoms with van der Waals surface area (Å²) in [6.45, 7) is 2.01. The molecule has 0 unspecified atom stereocenters. The molecule has 7 aromatic rings. The minimum absolute atomic E-state index is 0.647. The summed E-state index contributed by atoms with van der Waals surface area (Å²) in [6, 6.07) is 47.8. The fourth-order valence-electron chi connectivity index (χ4n) is 5.53. The van der Waals surface area contributed by atoms with Crippen molar-refractivity contribution in [3.05, 3.63) is 151 Å². The maximum atomic E-state index is 6.28. The van der Waals surface area contributed by atoms with Crippen LogP contribution in [0.1, 0.15) is 12.5 Å². The summed E-state index contributed by atoms with van der Waals surface area (Å²) in [5.74, 6) is 1.95. The first-order valence-corrected chi connectivity index (χ1v) is 14.7. The average Bonchev–Trinajstić information content (AvgIpc) is 3.09. The zero-order valence-corrected chi connectivity index (χ0v) is 24.4. The predicted molar refractivity (Wildman–Crippen MR) is 184 cm³/mol. The molecule has 0 spiro atoms. The number of nitrogens with zero attached hydrogens (tertiary/aromatic N) is 3. The molecule has 6 aromatic carbocycles. The van der Waals surface area contributed by atoms with Crippen molar-refractivity contribution in [3.63, 3.8) is 0 Å². The summed E-state index contributed by atoms with van der Waals surface area (Å²) in [5.41, 5.74) is 15.5. The Labute approximate surface area is 257 Å². The van der Waals surface area contributed by atoms with Crippen LogP contribution in [0, 0.1) is 0 Å². The van der Waals surface area contributed by atoms with Gasteiger partial charge in [-0.1, -0.05) is 133 Å². The normalized spacial score (nSPS) is 11.3. The third kappa shape index (κ3) is 5.37. The quantitative estimate of drug-likeness (QED) is 0.203. The lowest BCUT2D eigenvalue weighted by Gasteiger charge is -2.11. The molecule has 0 fully saturated rings. The van der Waals surface area contributed by atoms with E-state index in [0.29, 0.717) is 17.5 Å². The van der Waals surface area contributed by atoms with Crippen molar-refractivity contribution in [1.82, 2.24) is 15.0 Å². The molecular formula is C40H30N4. The van der Waals surface area contributed by atoms with Crippen molar-refractivity contribution in [2.75, 3.05) is 5.73 Å². The highest BCUT2D eigenvalue weighted by Gasteiger charge is 2.13. The molecule has 4 nitrogen and oxygen atoms in total. The monoisotopic (exact) mass is 566 g/mol. The van der Waals surface area contributed by atoms with Crippen LogP contribution in [0.15, 0.2) is 146 Å². The Hall–Kier alpha value is -5.87. The molecule has 1 heterocycles. The van der Waals surface area contributed by atoms with Crippen molar-refractivity contribution >= 4 is 22.5 Å². The van der Waals surface area contributed by atoms with Crippen molar-refractivity contribution in [2.45, 2.75) is 6.92 Å². The number of rotatable bonds is 6. The molecular weight excluding hydrogens is 536 g/mol. The molecule has 0 aliphatic rings. The van der Waals surface area contributed by atoms with Crippen LogP contribution in [0.25, 0.3) is 73.3 Å². The zero-order valence-electron chi connectivity index (χ0n) is 24.4. The van der Waals surface area contributed by atoms with E-state index < -0.39 is 0 Å². The van der Waals surface area contributed by atoms with Gasteiger partial charge in [-0.25, -0.2) is 15.0 Å². The molecule has 0 saturated heterocycles. The van der Waals surface area contributed by atoms with E-state index in [4.69, 9.17) is 20.7 Å². The Balaban J connectivity index is 1.27.